The monoisotopic (exact) mass is 348 g/mol. The number of carbonyl (C=O) groups is 1. The molecule has 0 fully saturated rings. The molecular formula is C18H24N2O3S. The maximum Gasteiger partial charge on any atom is 0.315 e. The summed E-state index contributed by atoms with van der Waals surface area (Å²) in [4.78, 5) is 13.1. The Bertz CT molecular complexity index is 631. The average Bonchev–Trinajstić information content (AvgIpc) is 3.10. The average molecular weight is 348 g/mol. The number of aliphatic hydroxyl groups is 1. The number of benzene rings is 1. The zero-order valence-electron chi connectivity index (χ0n) is 14.0. The predicted molar refractivity (Wildman–Crippen MR) is 96.6 cm³/mol. The lowest BCUT2D eigenvalue weighted by Gasteiger charge is -2.18. The fourth-order valence-corrected chi connectivity index (χ4v) is 3.10. The van der Waals surface area contributed by atoms with Gasteiger partial charge in [0.1, 0.15) is 18.5 Å². The molecule has 1 aromatic carbocycles. The van der Waals surface area contributed by atoms with Gasteiger partial charge in [-0.2, -0.15) is 0 Å². The minimum Gasteiger partial charge on any atom is -0.491 e. The number of rotatable bonds is 8. The number of aliphatic hydroxyl groups excluding tert-OH is 1. The zero-order chi connectivity index (χ0) is 17.4. The molecule has 0 saturated heterocycles. The van der Waals surface area contributed by atoms with Crippen LogP contribution in [0.1, 0.15) is 29.8 Å². The van der Waals surface area contributed by atoms with E-state index in [0.29, 0.717) is 5.75 Å². The quantitative estimate of drug-likeness (QED) is 0.686. The van der Waals surface area contributed by atoms with Crippen molar-refractivity contribution in [2.75, 3.05) is 13.2 Å². The lowest BCUT2D eigenvalue weighted by molar-refractivity contribution is 0.107. The fourth-order valence-electron chi connectivity index (χ4n) is 2.24. The molecule has 2 rings (SSSR count). The number of nitrogens with one attached hydrogen (secondary N) is 2. The van der Waals surface area contributed by atoms with Crippen LogP contribution in [0.15, 0.2) is 41.8 Å². The van der Waals surface area contributed by atoms with Crippen molar-refractivity contribution >= 4 is 17.4 Å². The van der Waals surface area contributed by atoms with Crippen LogP contribution in [0, 0.1) is 6.92 Å². The van der Waals surface area contributed by atoms with E-state index < -0.39 is 6.10 Å². The number of aryl methyl sites for hydroxylation is 1. The molecule has 130 valence electrons. The molecule has 0 spiro atoms. The molecule has 5 nitrogen and oxygen atoms in total. The van der Waals surface area contributed by atoms with Crippen molar-refractivity contribution in [1.82, 2.24) is 10.6 Å². The number of carbonyl (C=O) groups excluding carboxylic acids is 1. The molecule has 0 aliphatic heterocycles. The highest BCUT2D eigenvalue weighted by Crippen LogP contribution is 2.21. The standard InChI is InChI=1S/C18H24N2O3S/c1-3-16(17-8-5-9-24-17)20-18(22)19-11-14(21)12-23-15-7-4-6-13(2)10-15/h4-10,14,16,21H,3,11-12H2,1-2H3,(H2,19,20,22). The fraction of sp³-hybridized carbons (Fsp3) is 0.389. The predicted octanol–water partition coefficient (Wildman–Crippen LogP) is 3.25. The van der Waals surface area contributed by atoms with Gasteiger partial charge in [-0.05, 0) is 42.5 Å². The molecule has 3 N–H and O–H groups in total. The number of hydrogen-bond donors (Lipinski definition) is 3. The third kappa shape index (κ3) is 5.86. The van der Waals surface area contributed by atoms with Gasteiger partial charge in [0.2, 0.25) is 0 Å². The van der Waals surface area contributed by atoms with Crippen LogP contribution < -0.4 is 15.4 Å². The molecule has 0 bridgehead atoms. The first-order chi connectivity index (χ1) is 11.6. The van der Waals surface area contributed by atoms with Crippen molar-refractivity contribution in [3.05, 3.63) is 52.2 Å². The van der Waals surface area contributed by atoms with Gasteiger partial charge in [0.25, 0.3) is 0 Å². The topological polar surface area (TPSA) is 70.6 Å². The highest BCUT2D eigenvalue weighted by Gasteiger charge is 2.14. The number of amides is 2. The van der Waals surface area contributed by atoms with Crippen LogP contribution in [0.2, 0.25) is 0 Å². The van der Waals surface area contributed by atoms with Gasteiger partial charge in [-0.3, -0.25) is 0 Å². The summed E-state index contributed by atoms with van der Waals surface area (Å²) in [6.45, 7) is 4.27. The summed E-state index contributed by atoms with van der Waals surface area (Å²) in [5.41, 5.74) is 1.10. The van der Waals surface area contributed by atoms with Crippen LogP contribution in [0.4, 0.5) is 4.79 Å². The van der Waals surface area contributed by atoms with Gasteiger partial charge in [0.15, 0.2) is 0 Å². The second-order valence-electron chi connectivity index (χ2n) is 5.61. The van der Waals surface area contributed by atoms with E-state index >= 15 is 0 Å². The summed E-state index contributed by atoms with van der Waals surface area (Å²) in [6, 6.07) is 11.3. The highest BCUT2D eigenvalue weighted by molar-refractivity contribution is 7.10. The van der Waals surface area contributed by atoms with Crippen molar-refractivity contribution in [2.45, 2.75) is 32.4 Å². The maximum atomic E-state index is 12.0. The van der Waals surface area contributed by atoms with Gasteiger partial charge in [0.05, 0.1) is 6.04 Å². The second-order valence-corrected chi connectivity index (χ2v) is 6.59. The van der Waals surface area contributed by atoms with Gasteiger partial charge < -0.3 is 20.5 Å². The highest BCUT2D eigenvalue weighted by atomic mass is 32.1. The maximum absolute atomic E-state index is 12.0. The summed E-state index contributed by atoms with van der Waals surface area (Å²) in [6.07, 6.45) is 0.0468. The summed E-state index contributed by atoms with van der Waals surface area (Å²) in [7, 11) is 0. The Kier molecular flexibility index (Phi) is 7.08. The number of hydrogen-bond acceptors (Lipinski definition) is 4. The lowest BCUT2D eigenvalue weighted by atomic mass is 10.2. The van der Waals surface area contributed by atoms with Crippen molar-refractivity contribution in [2.24, 2.45) is 0 Å². The molecule has 2 amide bonds. The van der Waals surface area contributed by atoms with E-state index in [1.165, 1.54) is 0 Å². The smallest absolute Gasteiger partial charge is 0.315 e. The van der Waals surface area contributed by atoms with Crippen molar-refractivity contribution < 1.29 is 14.6 Å². The minimum atomic E-state index is -0.766. The Morgan fingerprint density at radius 2 is 2.17 bits per heavy atom. The van der Waals surface area contributed by atoms with Crippen LogP contribution in [0.25, 0.3) is 0 Å². The van der Waals surface area contributed by atoms with Crippen molar-refractivity contribution in [3.63, 3.8) is 0 Å². The number of urea groups is 1. The first-order valence-corrected chi connectivity index (χ1v) is 8.91. The Morgan fingerprint density at radius 1 is 1.33 bits per heavy atom. The van der Waals surface area contributed by atoms with E-state index in [1.54, 1.807) is 11.3 Å². The summed E-state index contributed by atoms with van der Waals surface area (Å²) in [5, 5.41) is 17.5. The van der Waals surface area contributed by atoms with Crippen molar-refractivity contribution in [1.29, 1.82) is 0 Å². The molecule has 2 atom stereocenters. The van der Waals surface area contributed by atoms with Crippen LogP contribution >= 0.6 is 11.3 Å². The molecule has 6 heteroatoms. The summed E-state index contributed by atoms with van der Waals surface area (Å²) >= 11 is 1.62. The largest absolute Gasteiger partial charge is 0.491 e. The number of thiophene rings is 1. The lowest BCUT2D eigenvalue weighted by Crippen LogP contribution is -2.42. The molecule has 0 radical (unpaired) electrons. The first kappa shape index (κ1) is 18.3. The molecule has 1 aromatic heterocycles. The second kappa shape index (κ2) is 9.30. The number of ether oxygens (including phenoxy) is 1. The van der Waals surface area contributed by atoms with Gasteiger partial charge in [-0.15, -0.1) is 11.3 Å². The normalized spacial score (nSPS) is 13.1. The Morgan fingerprint density at radius 3 is 2.83 bits per heavy atom. The van der Waals surface area contributed by atoms with E-state index in [1.807, 2.05) is 55.6 Å². The van der Waals surface area contributed by atoms with Gasteiger partial charge in [0, 0.05) is 11.4 Å². The molecule has 0 aliphatic rings. The van der Waals surface area contributed by atoms with Crippen molar-refractivity contribution in [3.8, 4) is 5.75 Å². The Labute approximate surface area is 146 Å². The molecule has 2 aromatic rings. The van der Waals surface area contributed by atoms with Crippen LogP contribution in [0.3, 0.4) is 0 Å². The van der Waals surface area contributed by atoms with E-state index in [-0.39, 0.29) is 25.2 Å². The molecule has 24 heavy (non-hydrogen) atoms. The summed E-state index contributed by atoms with van der Waals surface area (Å²) in [5.74, 6) is 0.710. The Balaban J connectivity index is 1.70. The van der Waals surface area contributed by atoms with Gasteiger partial charge in [-0.1, -0.05) is 25.1 Å². The molecule has 1 heterocycles. The molecule has 0 aliphatic carbocycles. The van der Waals surface area contributed by atoms with Crippen LogP contribution in [-0.2, 0) is 0 Å². The van der Waals surface area contributed by atoms with E-state index in [9.17, 15) is 9.90 Å². The zero-order valence-corrected chi connectivity index (χ0v) is 14.8. The SMILES string of the molecule is CCC(NC(=O)NCC(O)COc1cccc(C)c1)c1cccs1. The summed E-state index contributed by atoms with van der Waals surface area (Å²) < 4.78 is 5.52. The minimum absolute atomic E-state index is 0.00862. The Hall–Kier alpha value is -2.05. The third-order valence-electron chi connectivity index (χ3n) is 3.53. The molecule has 2 unspecified atom stereocenters. The third-order valence-corrected chi connectivity index (χ3v) is 4.52. The first-order valence-electron chi connectivity index (χ1n) is 8.03. The van der Waals surface area contributed by atoms with Crippen LogP contribution in [0.5, 0.6) is 5.75 Å². The van der Waals surface area contributed by atoms with E-state index in [4.69, 9.17) is 4.74 Å². The van der Waals surface area contributed by atoms with E-state index in [2.05, 4.69) is 10.6 Å². The van der Waals surface area contributed by atoms with Gasteiger partial charge in [-0.25, -0.2) is 4.79 Å². The van der Waals surface area contributed by atoms with Gasteiger partial charge >= 0.3 is 6.03 Å². The van der Waals surface area contributed by atoms with Crippen LogP contribution in [-0.4, -0.2) is 30.4 Å². The molecular weight excluding hydrogens is 324 g/mol. The molecule has 0 saturated carbocycles. The van der Waals surface area contributed by atoms with E-state index in [0.717, 1.165) is 16.9 Å².